The van der Waals surface area contributed by atoms with Crippen LogP contribution in [0.3, 0.4) is 0 Å². The average Bonchev–Trinajstić information content (AvgIpc) is 2.96. The number of nitrogens with one attached hydrogen (secondary N) is 2. The molecule has 2 aliphatic heterocycles. The van der Waals surface area contributed by atoms with Gasteiger partial charge in [0.25, 0.3) is 0 Å². The molecular formula is C21H43IN4O2. The van der Waals surface area contributed by atoms with Crippen LogP contribution in [0, 0.1) is 5.92 Å². The van der Waals surface area contributed by atoms with Gasteiger partial charge >= 0.3 is 0 Å². The van der Waals surface area contributed by atoms with Crippen LogP contribution in [0.25, 0.3) is 0 Å². The van der Waals surface area contributed by atoms with E-state index in [1.165, 1.54) is 38.8 Å². The first kappa shape index (κ1) is 25.9. The first-order valence-corrected chi connectivity index (χ1v) is 11.1. The highest BCUT2D eigenvalue weighted by molar-refractivity contribution is 14.0. The van der Waals surface area contributed by atoms with E-state index < -0.39 is 0 Å². The molecule has 166 valence electrons. The summed E-state index contributed by atoms with van der Waals surface area (Å²) < 4.78 is 11.3. The largest absolute Gasteiger partial charge is 0.381 e. The van der Waals surface area contributed by atoms with Crippen molar-refractivity contribution in [3.05, 3.63) is 0 Å². The third-order valence-electron chi connectivity index (χ3n) is 5.72. The Morgan fingerprint density at radius 1 is 1.11 bits per heavy atom. The zero-order valence-electron chi connectivity index (χ0n) is 18.3. The van der Waals surface area contributed by atoms with Gasteiger partial charge in [0.2, 0.25) is 0 Å². The number of rotatable bonds is 9. The number of guanidine groups is 1. The monoisotopic (exact) mass is 510 g/mol. The Bertz CT molecular complexity index is 409. The Morgan fingerprint density at radius 2 is 1.79 bits per heavy atom. The van der Waals surface area contributed by atoms with Gasteiger partial charge in [0, 0.05) is 46.0 Å². The second kappa shape index (κ2) is 15.7. The summed E-state index contributed by atoms with van der Waals surface area (Å²) in [6.45, 7) is 11.5. The quantitative estimate of drug-likeness (QED) is 0.216. The molecule has 0 amide bonds. The molecule has 0 spiro atoms. The van der Waals surface area contributed by atoms with Gasteiger partial charge in [0.1, 0.15) is 0 Å². The van der Waals surface area contributed by atoms with Crippen molar-refractivity contribution in [2.45, 2.75) is 70.9 Å². The lowest BCUT2D eigenvalue weighted by Gasteiger charge is -2.34. The van der Waals surface area contributed by atoms with Crippen molar-refractivity contribution < 1.29 is 9.47 Å². The summed E-state index contributed by atoms with van der Waals surface area (Å²) in [6.07, 6.45) is 8.89. The summed E-state index contributed by atoms with van der Waals surface area (Å²) >= 11 is 0. The molecule has 28 heavy (non-hydrogen) atoms. The van der Waals surface area contributed by atoms with E-state index in [1.54, 1.807) is 0 Å². The van der Waals surface area contributed by atoms with Gasteiger partial charge in [-0.3, -0.25) is 9.89 Å². The number of aliphatic imine (C=N–C) groups is 1. The lowest BCUT2D eigenvalue weighted by molar-refractivity contribution is -0.0320. The van der Waals surface area contributed by atoms with Crippen molar-refractivity contribution in [2.24, 2.45) is 10.9 Å². The van der Waals surface area contributed by atoms with Gasteiger partial charge in [-0.05, 0) is 51.1 Å². The molecular weight excluding hydrogens is 467 g/mol. The molecule has 6 nitrogen and oxygen atoms in total. The molecule has 2 rings (SSSR count). The molecule has 7 heteroatoms. The molecule has 0 radical (unpaired) electrons. The molecule has 2 N–H and O–H groups in total. The lowest BCUT2D eigenvalue weighted by Crippen LogP contribution is -2.49. The molecule has 2 heterocycles. The third-order valence-corrected chi connectivity index (χ3v) is 5.72. The van der Waals surface area contributed by atoms with Crippen molar-refractivity contribution in [1.29, 1.82) is 0 Å². The standard InChI is InChI=1S/C21H42N4O2.HI/c1-18(2)20(25-12-6-4-5-7-13-25)17-24-21(22-3)23-11-8-14-27-19-9-15-26-16-10-19;/h18-20H,4-17H2,1-3H3,(H2,22,23,24);1H. The molecule has 0 aromatic heterocycles. The predicted molar refractivity (Wildman–Crippen MR) is 128 cm³/mol. The summed E-state index contributed by atoms with van der Waals surface area (Å²) in [6, 6.07) is 0.568. The van der Waals surface area contributed by atoms with Gasteiger partial charge in [-0.2, -0.15) is 0 Å². The normalized spacial score (nSPS) is 21.1. The number of hydrogen-bond donors (Lipinski definition) is 2. The number of nitrogens with zero attached hydrogens (tertiary/aromatic N) is 2. The van der Waals surface area contributed by atoms with Crippen LogP contribution in [0.4, 0.5) is 0 Å². The van der Waals surface area contributed by atoms with Crippen LogP contribution in [0.2, 0.25) is 0 Å². The molecule has 2 aliphatic rings. The van der Waals surface area contributed by atoms with Crippen molar-refractivity contribution in [2.75, 3.05) is 53.0 Å². The predicted octanol–water partition coefficient (Wildman–Crippen LogP) is 3.26. The molecule has 2 fully saturated rings. The minimum absolute atomic E-state index is 0. The minimum Gasteiger partial charge on any atom is -0.381 e. The smallest absolute Gasteiger partial charge is 0.191 e. The van der Waals surface area contributed by atoms with Gasteiger partial charge in [0.05, 0.1) is 6.10 Å². The third kappa shape index (κ3) is 10.1. The van der Waals surface area contributed by atoms with Crippen LogP contribution in [-0.2, 0) is 9.47 Å². The van der Waals surface area contributed by atoms with E-state index in [4.69, 9.17) is 9.47 Å². The molecule has 0 saturated carbocycles. The van der Waals surface area contributed by atoms with E-state index >= 15 is 0 Å². The van der Waals surface area contributed by atoms with Crippen LogP contribution < -0.4 is 10.6 Å². The van der Waals surface area contributed by atoms with Crippen molar-refractivity contribution in [3.63, 3.8) is 0 Å². The fraction of sp³-hybridized carbons (Fsp3) is 0.952. The van der Waals surface area contributed by atoms with Gasteiger partial charge in [-0.1, -0.05) is 26.7 Å². The highest BCUT2D eigenvalue weighted by Crippen LogP contribution is 2.17. The molecule has 1 atom stereocenters. The Labute approximate surface area is 189 Å². The van der Waals surface area contributed by atoms with Gasteiger partial charge < -0.3 is 20.1 Å². The molecule has 0 aliphatic carbocycles. The van der Waals surface area contributed by atoms with Gasteiger partial charge in [0.15, 0.2) is 5.96 Å². The maximum atomic E-state index is 5.93. The number of halogens is 1. The second-order valence-electron chi connectivity index (χ2n) is 8.18. The fourth-order valence-corrected chi connectivity index (χ4v) is 4.01. The molecule has 1 unspecified atom stereocenters. The first-order valence-electron chi connectivity index (χ1n) is 11.1. The second-order valence-corrected chi connectivity index (χ2v) is 8.18. The summed E-state index contributed by atoms with van der Waals surface area (Å²) in [7, 11) is 1.85. The topological polar surface area (TPSA) is 58.1 Å². The summed E-state index contributed by atoms with van der Waals surface area (Å²) in [5.41, 5.74) is 0. The highest BCUT2D eigenvalue weighted by Gasteiger charge is 2.22. The number of hydrogen-bond acceptors (Lipinski definition) is 4. The maximum absolute atomic E-state index is 5.93. The van der Waals surface area contributed by atoms with E-state index in [0.29, 0.717) is 18.1 Å². The first-order chi connectivity index (χ1) is 13.2. The van der Waals surface area contributed by atoms with Crippen molar-refractivity contribution in [3.8, 4) is 0 Å². The van der Waals surface area contributed by atoms with Crippen LogP contribution in [-0.4, -0.2) is 76.1 Å². The SMILES string of the molecule is CN=C(NCCCOC1CCOCC1)NCC(C(C)C)N1CCCCCC1.I. The molecule has 0 bridgehead atoms. The lowest BCUT2D eigenvalue weighted by atomic mass is 10.0. The van der Waals surface area contributed by atoms with Crippen molar-refractivity contribution in [1.82, 2.24) is 15.5 Å². The van der Waals surface area contributed by atoms with Crippen LogP contribution in [0.15, 0.2) is 4.99 Å². The Balaban J connectivity index is 0.00000392. The Morgan fingerprint density at radius 3 is 2.39 bits per heavy atom. The maximum Gasteiger partial charge on any atom is 0.191 e. The van der Waals surface area contributed by atoms with Gasteiger partial charge in [-0.25, -0.2) is 0 Å². The minimum atomic E-state index is 0. The number of ether oxygens (including phenoxy) is 2. The van der Waals surface area contributed by atoms with Crippen LogP contribution in [0.5, 0.6) is 0 Å². The molecule has 0 aromatic rings. The zero-order valence-corrected chi connectivity index (χ0v) is 20.6. The van der Waals surface area contributed by atoms with Crippen molar-refractivity contribution >= 4 is 29.9 Å². The van der Waals surface area contributed by atoms with Crippen LogP contribution in [0.1, 0.15) is 58.8 Å². The molecule has 2 saturated heterocycles. The summed E-state index contributed by atoms with van der Waals surface area (Å²) in [5.74, 6) is 1.54. The van der Waals surface area contributed by atoms with E-state index in [1.807, 2.05) is 7.05 Å². The van der Waals surface area contributed by atoms with Gasteiger partial charge in [-0.15, -0.1) is 24.0 Å². The fourth-order valence-electron chi connectivity index (χ4n) is 4.01. The van der Waals surface area contributed by atoms with E-state index in [0.717, 1.165) is 58.1 Å². The average molecular weight is 511 g/mol. The summed E-state index contributed by atoms with van der Waals surface area (Å²) in [4.78, 5) is 7.07. The zero-order chi connectivity index (χ0) is 19.3. The van der Waals surface area contributed by atoms with Crippen LogP contribution >= 0.6 is 24.0 Å². The van der Waals surface area contributed by atoms with E-state index in [2.05, 4.69) is 34.4 Å². The van der Waals surface area contributed by atoms with E-state index in [-0.39, 0.29) is 24.0 Å². The Hall–Kier alpha value is -0.120. The highest BCUT2D eigenvalue weighted by atomic mass is 127. The summed E-state index contributed by atoms with van der Waals surface area (Å²) in [5, 5.41) is 6.98. The number of likely N-dealkylation sites (tertiary alicyclic amines) is 1. The molecule has 0 aromatic carbocycles. The Kier molecular flexibility index (Phi) is 14.5. The van der Waals surface area contributed by atoms with E-state index in [9.17, 15) is 0 Å².